The number of nitrogens with two attached hydrogens (primary N) is 1. The summed E-state index contributed by atoms with van der Waals surface area (Å²) in [4.78, 5) is 8.53. The van der Waals surface area contributed by atoms with E-state index in [9.17, 15) is 8.42 Å². The monoisotopic (exact) mass is 324 g/mol. The SMILES string of the molecule is CCCCS(=O)(=O)N1CCCC2(CCc3cnc(N)nc32)C1. The molecule has 0 aromatic carbocycles. The number of unbranched alkanes of at least 4 members (excludes halogenated alkanes) is 1. The third-order valence-electron chi connectivity index (χ3n) is 4.95. The van der Waals surface area contributed by atoms with Gasteiger partial charge in [-0.3, -0.25) is 0 Å². The molecule has 7 heteroatoms. The largest absolute Gasteiger partial charge is 0.368 e. The van der Waals surface area contributed by atoms with Gasteiger partial charge >= 0.3 is 0 Å². The fraction of sp³-hybridized carbons (Fsp3) is 0.733. The van der Waals surface area contributed by atoms with Crippen LogP contribution >= 0.6 is 0 Å². The molecule has 6 nitrogen and oxygen atoms in total. The lowest BCUT2D eigenvalue weighted by Gasteiger charge is -2.39. The highest BCUT2D eigenvalue weighted by Crippen LogP contribution is 2.44. The smallest absolute Gasteiger partial charge is 0.220 e. The summed E-state index contributed by atoms with van der Waals surface area (Å²) < 4.78 is 26.7. The molecule has 1 saturated heterocycles. The maximum absolute atomic E-state index is 12.5. The lowest BCUT2D eigenvalue weighted by molar-refractivity contribution is 0.219. The van der Waals surface area contributed by atoms with Gasteiger partial charge in [-0.25, -0.2) is 22.7 Å². The second-order valence-electron chi connectivity index (χ2n) is 6.49. The van der Waals surface area contributed by atoms with E-state index in [1.165, 1.54) is 0 Å². The Balaban J connectivity index is 1.87. The van der Waals surface area contributed by atoms with Gasteiger partial charge in [-0.2, -0.15) is 0 Å². The Labute approximate surface area is 132 Å². The zero-order chi connectivity index (χ0) is 15.8. The van der Waals surface area contributed by atoms with Crippen LogP contribution in [0.25, 0.3) is 0 Å². The Morgan fingerprint density at radius 2 is 2.23 bits per heavy atom. The van der Waals surface area contributed by atoms with E-state index in [4.69, 9.17) is 5.73 Å². The molecule has 22 heavy (non-hydrogen) atoms. The number of fused-ring (bicyclic) bond motifs is 2. The number of nitrogens with zero attached hydrogens (tertiary/aromatic N) is 3. The molecule has 0 radical (unpaired) electrons. The predicted octanol–water partition coefficient (Wildman–Crippen LogP) is 1.47. The summed E-state index contributed by atoms with van der Waals surface area (Å²) in [6.07, 6.45) is 7.14. The quantitative estimate of drug-likeness (QED) is 0.906. The Bertz CT molecular complexity index is 658. The third-order valence-corrected chi connectivity index (χ3v) is 6.85. The highest BCUT2D eigenvalue weighted by Gasteiger charge is 2.45. The topological polar surface area (TPSA) is 89.2 Å². The lowest BCUT2D eigenvalue weighted by atomic mass is 9.78. The normalized spacial score (nSPS) is 25.5. The van der Waals surface area contributed by atoms with Crippen LogP contribution in [0.1, 0.15) is 50.3 Å². The van der Waals surface area contributed by atoms with Crippen molar-refractivity contribution in [2.24, 2.45) is 0 Å². The van der Waals surface area contributed by atoms with E-state index in [-0.39, 0.29) is 17.1 Å². The Hall–Kier alpha value is -1.21. The van der Waals surface area contributed by atoms with E-state index in [0.717, 1.165) is 49.8 Å². The van der Waals surface area contributed by atoms with Crippen molar-refractivity contribution in [1.82, 2.24) is 14.3 Å². The maximum atomic E-state index is 12.5. The maximum Gasteiger partial charge on any atom is 0.220 e. The molecule has 2 heterocycles. The molecule has 2 N–H and O–H groups in total. The molecule has 1 aliphatic carbocycles. The van der Waals surface area contributed by atoms with Crippen molar-refractivity contribution in [1.29, 1.82) is 0 Å². The number of anilines is 1. The number of piperidine rings is 1. The van der Waals surface area contributed by atoms with Crippen molar-refractivity contribution >= 4 is 16.0 Å². The summed E-state index contributed by atoms with van der Waals surface area (Å²) in [5.41, 5.74) is 7.70. The average Bonchev–Trinajstić information content (AvgIpc) is 2.83. The van der Waals surface area contributed by atoms with Crippen molar-refractivity contribution < 1.29 is 8.42 Å². The molecule has 1 aliphatic heterocycles. The summed E-state index contributed by atoms with van der Waals surface area (Å²) >= 11 is 0. The summed E-state index contributed by atoms with van der Waals surface area (Å²) in [5.74, 6) is 0.532. The van der Waals surface area contributed by atoms with Crippen LogP contribution in [-0.4, -0.2) is 41.5 Å². The highest BCUT2D eigenvalue weighted by molar-refractivity contribution is 7.89. The molecule has 0 amide bonds. The number of aryl methyl sites for hydroxylation is 1. The average molecular weight is 324 g/mol. The van der Waals surface area contributed by atoms with Crippen molar-refractivity contribution in [3.63, 3.8) is 0 Å². The van der Waals surface area contributed by atoms with Crippen LogP contribution in [0.15, 0.2) is 6.20 Å². The van der Waals surface area contributed by atoms with Crippen molar-refractivity contribution in [3.05, 3.63) is 17.5 Å². The Kier molecular flexibility index (Phi) is 4.11. The molecular formula is C15H24N4O2S. The number of sulfonamides is 1. The lowest BCUT2D eigenvalue weighted by Crippen LogP contribution is -2.48. The minimum Gasteiger partial charge on any atom is -0.368 e. The molecule has 1 spiro atoms. The van der Waals surface area contributed by atoms with Crippen LogP contribution in [0.4, 0.5) is 5.95 Å². The number of nitrogen functional groups attached to an aromatic ring is 1. The number of hydrogen-bond donors (Lipinski definition) is 1. The van der Waals surface area contributed by atoms with Crippen molar-refractivity contribution in [3.8, 4) is 0 Å². The molecule has 1 fully saturated rings. The van der Waals surface area contributed by atoms with Crippen molar-refractivity contribution in [2.45, 2.75) is 50.9 Å². The van der Waals surface area contributed by atoms with E-state index in [1.807, 2.05) is 6.92 Å². The fourth-order valence-electron chi connectivity index (χ4n) is 3.73. The van der Waals surface area contributed by atoms with E-state index >= 15 is 0 Å². The Morgan fingerprint density at radius 1 is 1.41 bits per heavy atom. The number of hydrogen-bond acceptors (Lipinski definition) is 5. The van der Waals surface area contributed by atoms with Crippen LogP contribution in [0, 0.1) is 0 Å². The standard InChI is InChI=1S/C15H24N4O2S/c1-2-3-9-22(20,21)19-8-4-6-15(11-19)7-5-12-10-17-14(16)18-13(12)15/h10H,2-9,11H2,1H3,(H2,16,17,18). The van der Waals surface area contributed by atoms with Crippen LogP contribution in [0.3, 0.4) is 0 Å². The van der Waals surface area contributed by atoms with E-state index in [1.54, 1.807) is 10.5 Å². The van der Waals surface area contributed by atoms with Gasteiger partial charge in [0.2, 0.25) is 16.0 Å². The van der Waals surface area contributed by atoms with Gasteiger partial charge in [-0.15, -0.1) is 0 Å². The summed E-state index contributed by atoms with van der Waals surface area (Å²) in [7, 11) is -3.16. The summed E-state index contributed by atoms with van der Waals surface area (Å²) in [5, 5.41) is 0. The molecule has 1 unspecified atom stereocenters. The first-order valence-corrected chi connectivity index (χ1v) is 9.67. The predicted molar refractivity (Wildman–Crippen MR) is 85.9 cm³/mol. The molecule has 1 aromatic rings. The molecule has 1 aromatic heterocycles. The van der Waals surface area contributed by atoms with Crippen LogP contribution < -0.4 is 5.73 Å². The highest BCUT2D eigenvalue weighted by atomic mass is 32.2. The first-order chi connectivity index (χ1) is 10.5. The van der Waals surface area contributed by atoms with Gasteiger partial charge in [0.25, 0.3) is 0 Å². The van der Waals surface area contributed by atoms with Gasteiger partial charge in [-0.1, -0.05) is 13.3 Å². The van der Waals surface area contributed by atoms with Gasteiger partial charge in [0.1, 0.15) is 0 Å². The van der Waals surface area contributed by atoms with E-state index in [0.29, 0.717) is 13.1 Å². The minimum absolute atomic E-state index is 0.163. The molecule has 2 aliphatic rings. The molecule has 3 rings (SSSR count). The zero-order valence-corrected chi connectivity index (χ0v) is 13.9. The van der Waals surface area contributed by atoms with Crippen LogP contribution in [0.2, 0.25) is 0 Å². The first kappa shape index (κ1) is 15.7. The second kappa shape index (κ2) is 5.77. The number of aromatic nitrogens is 2. The first-order valence-electron chi connectivity index (χ1n) is 8.06. The molecule has 0 saturated carbocycles. The summed E-state index contributed by atoms with van der Waals surface area (Å²) in [6.45, 7) is 3.19. The van der Waals surface area contributed by atoms with E-state index in [2.05, 4.69) is 9.97 Å². The Morgan fingerprint density at radius 3 is 3.00 bits per heavy atom. The minimum atomic E-state index is -3.16. The molecular weight excluding hydrogens is 300 g/mol. The molecule has 1 atom stereocenters. The van der Waals surface area contributed by atoms with Crippen molar-refractivity contribution in [2.75, 3.05) is 24.6 Å². The third kappa shape index (κ3) is 2.72. The molecule has 0 bridgehead atoms. The van der Waals surface area contributed by atoms with Gasteiger partial charge in [-0.05, 0) is 37.7 Å². The van der Waals surface area contributed by atoms with Gasteiger partial charge < -0.3 is 5.73 Å². The van der Waals surface area contributed by atoms with Crippen LogP contribution in [-0.2, 0) is 21.9 Å². The fourth-order valence-corrected chi connectivity index (χ4v) is 5.50. The number of rotatable bonds is 4. The van der Waals surface area contributed by atoms with Crippen LogP contribution in [0.5, 0.6) is 0 Å². The zero-order valence-electron chi connectivity index (χ0n) is 13.1. The van der Waals surface area contributed by atoms with Gasteiger partial charge in [0, 0.05) is 24.7 Å². The van der Waals surface area contributed by atoms with E-state index < -0.39 is 10.0 Å². The van der Waals surface area contributed by atoms with Gasteiger partial charge in [0.05, 0.1) is 11.4 Å². The molecule has 122 valence electrons. The summed E-state index contributed by atoms with van der Waals surface area (Å²) in [6, 6.07) is 0. The van der Waals surface area contributed by atoms with Gasteiger partial charge in [0.15, 0.2) is 0 Å². The second-order valence-corrected chi connectivity index (χ2v) is 8.58.